The van der Waals surface area contributed by atoms with E-state index in [1.807, 2.05) is 0 Å². The van der Waals surface area contributed by atoms with Gasteiger partial charge in [-0.25, -0.2) is 0 Å². The van der Waals surface area contributed by atoms with Crippen molar-refractivity contribution in [1.82, 2.24) is 0 Å². The molecule has 0 spiro atoms. The molecular weight excluding hydrogens is 324 g/mol. The number of ether oxygens (including phenoxy) is 3. The van der Waals surface area contributed by atoms with Gasteiger partial charge in [-0.3, -0.25) is 9.59 Å². The minimum absolute atomic E-state index is 0.00940. The molecule has 3 rings (SSSR count). The molecule has 2 aliphatic carbocycles. The van der Waals surface area contributed by atoms with Gasteiger partial charge in [-0.2, -0.15) is 0 Å². The molecule has 6 nitrogen and oxygen atoms in total. The highest BCUT2D eigenvalue weighted by atomic mass is 16.7. The molecule has 0 bridgehead atoms. The van der Waals surface area contributed by atoms with Crippen molar-refractivity contribution in [3.05, 3.63) is 11.8 Å². The second-order valence-electron chi connectivity index (χ2n) is 8.02. The highest BCUT2D eigenvalue weighted by molar-refractivity contribution is 5.66. The summed E-state index contributed by atoms with van der Waals surface area (Å²) < 4.78 is 16.3. The average Bonchev–Trinajstić information content (AvgIpc) is 3.13. The lowest BCUT2D eigenvalue weighted by Crippen LogP contribution is -2.43. The van der Waals surface area contributed by atoms with Crippen LogP contribution in [0, 0.1) is 35.0 Å². The van der Waals surface area contributed by atoms with Gasteiger partial charge in [0.1, 0.15) is 12.9 Å². The molecule has 0 saturated heterocycles. The monoisotopic (exact) mass is 350 g/mol. The molecule has 2 fully saturated rings. The van der Waals surface area contributed by atoms with Gasteiger partial charge in [0.2, 0.25) is 6.29 Å². The minimum atomic E-state index is -0.770. The Bertz CT molecular complexity index is 607. The molecule has 0 N–H and O–H groups in total. The first kappa shape index (κ1) is 18.0. The Morgan fingerprint density at radius 1 is 1.28 bits per heavy atom. The summed E-state index contributed by atoms with van der Waals surface area (Å²) in [5.74, 6) is -0.372. The standard InChI is InChI=1S/C19H26O6/c1-10(21)23-8-13-9-24-18(25-11(2)22)16-12(7-20)5-6-14-17(15(13)16)19(14,3)4/h7,9,12,14-18H,5-6,8H2,1-4H3/t12-,14-,15-,16-,17-,18+/m0/s1. The third kappa shape index (κ3) is 3.18. The topological polar surface area (TPSA) is 78.9 Å². The van der Waals surface area contributed by atoms with Crippen molar-refractivity contribution >= 4 is 18.2 Å². The van der Waals surface area contributed by atoms with Crippen LogP contribution in [0.4, 0.5) is 0 Å². The largest absolute Gasteiger partial charge is 0.462 e. The molecule has 0 radical (unpaired) electrons. The van der Waals surface area contributed by atoms with Crippen molar-refractivity contribution in [3.8, 4) is 0 Å². The predicted octanol–water partition coefficient (Wildman–Crippen LogP) is 2.47. The van der Waals surface area contributed by atoms with Crippen LogP contribution in [-0.2, 0) is 28.6 Å². The molecule has 138 valence electrons. The number of fused-ring (bicyclic) bond motifs is 3. The molecule has 6 atom stereocenters. The third-order valence-corrected chi connectivity index (χ3v) is 6.24. The minimum Gasteiger partial charge on any atom is -0.462 e. The van der Waals surface area contributed by atoms with Crippen LogP contribution in [0.2, 0.25) is 0 Å². The summed E-state index contributed by atoms with van der Waals surface area (Å²) >= 11 is 0. The SMILES string of the molecule is CC(=O)OCC1=CO[C@H](OC(C)=O)[C@@H]2[C@H]1[C@@H]1[C@H](CC[C@H]2C=O)C1(C)C. The first-order valence-corrected chi connectivity index (χ1v) is 8.87. The van der Waals surface area contributed by atoms with Gasteiger partial charge in [0.05, 0.1) is 6.26 Å². The highest BCUT2D eigenvalue weighted by Crippen LogP contribution is 2.69. The molecule has 1 heterocycles. The fraction of sp³-hybridized carbons (Fsp3) is 0.737. The van der Waals surface area contributed by atoms with E-state index in [0.717, 1.165) is 24.7 Å². The Kier molecular flexibility index (Phi) is 4.64. The summed E-state index contributed by atoms with van der Waals surface area (Å²) in [6.45, 7) is 7.33. The van der Waals surface area contributed by atoms with E-state index in [4.69, 9.17) is 14.2 Å². The van der Waals surface area contributed by atoms with Crippen molar-refractivity contribution in [3.63, 3.8) is 0 Å². The molecule has 0 aromatic rings. The predicted molar refractivity (Wildman–Crippen MR) is 87.9 cm³/mol. The number of hydrogen-bond donors (Lipinski definition) is 0. The summed E-state index contributed by atoms with van der Waals surface area (Å²) in [6.07, 6.45) is 3.49. The van der Waals surface area contributed by atoms with Gasteiger partial charge in [-0.05, 0) is 30.1 Å². The van der Waals surface area contributed by atoms with Crippen LogP contribution in [0.3, 0.4) is 0 Å². The van der Waals surface area contributed by atoms with E-state index in [2.05, 4.69) is 13.8 Å². The second kappa shape index (κ2) is 6.46. The Balaban J connectivity index is 1.96. The van der Waals surface area contributed by atoms with Crippen LogP contribution in [0.25, 0.3) is 0 Å². The van der Waals surface area contributed by atoms with Crippen LogP contribution in [0.5, 0.6) is 0 Å². The molecule has 1 aliphatic heterocycles. The van der Waals surface area contributed by atoms with Gasteiger partial charge in [-0.15, -0.1) is 0 Å². The zero-order valence-corrected chi connectivity index (χ0v) is 15.2. The molecule has 0 aromatic heterocycles. The number of esters is 2. The van der Waals surface area contributed by atoms with Crippen LogP contribution < -0.4 is 0 Å². The number of aldehydes is 1. The van der Waals surface area contributed by atoms with Crippen molar-refractivity contribution in [1.29, 1.82) is 0 Å². The lowest BCUT2D eigenvalue weighted by atomic mass is 9.72. The van der Waals surface area contributed by atoms with Gasteiger partial charge in [0.15, 0.2) is 0 Å². The van der Waals surface area contributed by atoms with E-state index in [1.54, 1.807) is 6.26 Å². The number of rotatable bonds is 4. The maximum absolute atomic E-state index is 11.8. The molecule has 3 aliphatic rings. The van der Waals surface area contributed by atoms with Crippen molar-refractivity contribution < 1.29 is 28.6 Å². The molecule has 2 saturated carbocycles. The van der Waals surface area contributed by atoms with Gasteiger partial charge in [0.25, 0.3) is 0 Å². The van der Waals surface area contributed by atoms with Crippen LogP contribution in [0.15, 0.2) is 11.8 Å². The van der Waals surface area contributed by atoms with Crippen molar-refractivity contribution in [2.75, 3.05) is 6.61 Å². The van der Waals surface area contributed by atoms with E-state index in [-0.39, 0.29) is 35.7 Å². The Morgan fingerprint density at radius 2 is 2.00 bits per heavy atom. The molecule has 6 heteroatoms. The Hall–Kier alpha value is -1.85. The summed E-state index contributed by atoms with van der Waals surface area (Å²) in [6, 6.07) is 0. The van der Waals surface area contributed by atoms with Gasteiger partial charge in [-0.1, -0.05) is 13.8 Å². The summed E-state index contributed by atoms with van der Waals surface area (Å²) in [4.78, 5) is 34.5. The average molecular weight is 350 g/mol. The van der Waals surface area contributed by atoms with Crippen LogP contribution >= 0.6 is 0 Å². The molecule has 0 aromatic carbocycles. The zero-order chi connectivity index (χ0) is 18.4. The Labute approximate surface area is 147 Å². The molecule has 0 amide bonds. The summed E-state index contributed by atoms with van der Waals surface area (Å²) in [5.41, 5.74) is 1.03. The maximum atomic E-state index is 11.8. The first-order chi connectivity index (χ1) is 11.8. The quantitative estimate of drug-likeness (QED) is 0.572. The second-order valence-corrected chi connectivity index (χ2v) is 8.02. The number of hydrogen-bond acceptors (Lipinski definition) is 6. The zero-order valence-electron chi connectivity index (χ0n) is 15.2. The van der Waals surface area contributed by atoms with Crippen molar-refractivity contribution in [2.45, 2.75) is 46.8 Å². The maximum Gasteiger partial charge on any atom is 0.305 e. The van der Waals surface area contributed by atoms with E-state index >= 15 is 0 Å². The smallest absolute Gasteiger partial charge is 0.305 e. The summed E-state index contributed by atoms with van der Waals surface area (Å²) in [7, 11) is 0. The van der Waals surface area contributed by atoms with E-state index in [1.165, 1.54) is 13.8 Å². The lowest BCUT2D eigenvalue weighted by molar-refractivity contribution is -0.191. The third-order valence-electron chi connectivity index (χ3n) is 6.24. The Morgan fingerprint density at radius 3 is 2.60 bits per heavy atom. The molecule has 25 heavy (non-hydrogen) atoms. The normalized spacial score (nSPS) is 38.0. The van der Waals surface area contributed by atoms with E-state index in [9.17, 15) is 14.4 Å². The van der Waals surface area contributed by atoms with Crippen LogP contribution in [-0.4, -0.2) is 31.1 Å². The van der Waals surface area contributed by atoms with E-state index < -0.39 is 12.3 Å². The van der Waals surface area contributed by atoms with Gasteiger partial charge in [0, 0.05) is 37.2 Å². The van der Waals surface area contributed by atoms with Crippen LogP contribution in [0.1, 0.15) is 40.5 Å². The molecular formula is C19H26O6. The van der Waals surface area contributed by atoms with Gasteiger partial charge < -0.3 is 19.0 Å². The van der Waals surface area contributed by atoms with Crippen molar-refractivity contribution in [2.24, 2.45) is 35.0 Å². The molecule has 0 unspecified atom stereocenters. The summed E-state index contributed by atoms with van der Waals surface area (Å²) in [5, 5.41) is 0. The highest BCUT2D eigenvalue weighted by Gasteiger charge is 2.66. The lowest BCUT2D eigenvalue weighted by Gasteiger charge is -2.40. The fourth-order valence-electron chi connectivity index (χ4n) is 5.04. The fourth-order valence-corrected chi connectivity index (χ4v) is 5.04. The van der Waals surface area contributed by atoms with Gasteiger partial charge >= 0.3 is 11.9 Å². The first-order valence-electron chi connectivity index (χ1n) is 8.87. The number of carbonyl (C=O) groups excluding carboxylic acids is 3. The number of carbonyl (C=O) groups is 3. The van der Waals surface area contributed by atoms with E-state index in [0.29, 0.717) is 11.8 Å².